The average molecular weight is 312 g/mol. The van der Waals surface area contributed by atoms with Gasteiger partial charge in [-0.1, -0.05) is 0 Å². The molecule has 0 saturated carbocycles. The molecule has 2 N–H and O–H groups in total. The molecule has 23 heavy (non-hydrogen) atoms. The van der Waals surface area contributed by atoms with Crippen LogP contribution >= 0.6 is 0 Å². The molecule has 1 unspecified atom stereocenters. The number of aryl methyl sites for hydroxylation is 3. The zero-order valence-electron chi connectivity index (χ0n) is 13.8. The van der Waals surface area contributed by atoms with Gasteiger partial charge in [-0.2, -0.15) is 4.98 Å². The summed E-state index contributed by atoms with van der Waals surface area (Å²) in [7, 11) is 1.52. The molecule has 1 atom stereocenters. The molecule has 6 heteroatoms. The maximum atomic E-state index is 13.2. The minimum absolute atomic E-state index is 0.0314. The molecule has 2 aromatic rings. The Morgan fingerprint density at radius 2 is 1.96 bits per heavy atom. The van der Waals surface area contributed by atoms with Gasteiger partial charge < -0.3 is 10.5 Å². The predicted octanol–water partition coefficient (Wildman–Crippen LogP) is 2.17. The summed E-state index contributed by atoms with van der Waals surface area (Å²) in [5.41, 5.74) is 8.87. The lowest BCUT2D eigenvalue weighted by Crippen LogP contribution is -2.39. The van der Waals surface area contributed by atoms with E-state index < -0.39 is 5.41 Å². The lowest BCUT2D eigenvalue weighted by Gasteiger charge is -2.33. The minimum Gasteiger partial charge on any atom is -0.467 e. The van der Waals surface area contributed by atoms with E-state index in [9.17, 15) is 4.79 Å². The highest BCUT2D eigenvalue weighted by Crippen LogP contribution is 2.38. The van der Waals surface area contributed by atoms with E-state index >= 15 is 0 Å². The molecular formula is C17H20N4O2. The van der Waals surface area contributed by atoms with E-state index in [1.165, 1.54) is 7.11 Å². The van der Waals surface area contributed by atoms with Crippen LogP contribution in [0.2, 0.25) is 0 Å². The summed E-state index contributed by atoms with van der Waals surface area (Å²) < 4.78 is 5.15. The number of nitrogens with two attached hydrogens (primary N) is 1. The highest BCUT2D eigenvalue weighted by Gasteiger charge is 2.43. The van der Waals surface area contributed by atoms with Gasteiger partial charge in [-0.25, -0.2) is 9.97 Å². The smallest absolute Gasteiger partial charge is 0.316 e. The molecule has 3 rings (SSSR count). The quantitative estimate of drug-likeness (QED) is 0.914. The number of nitrogens with zero attached hydrogens (tertiary/aromatic N) is 3. The van der Waals surface area contributed by atoms with Crippen LogP contribution in [0.4, 0.5) is 5.82 Å². The molecule has 0 bridgehead atoms. The molecule has 0 fully saturated rings. The average Bonchev–Trinajstić information content (AvgIpc) is 2.50. The number of hydrogen-bond acceptors (Lipinski definition) is 6. The van der Waals surface area contributed by atoms with E-state index in [1.54, 1.807) is 6.07 Å². The summed E-state index contributed by atoms with van der Waals surface area (Å²) >= 11 is 0. The van der Waals surface area contributed by atoms with Crippen LogP contribution in [0.15, 0.2) is 12.1 Å². The maximum absolute atomic E-state index is 13.2. The molecule has 1 aliphatic carbocycles. The number of rotatable bonds is 2. The van der Waals surface area contributed by atoms with Crippen molar-refractivity contribution in [2.45, 2.75) is 39.0 Å². The number of aromatic nitrogens is 3. The highest BCUT2D eigenvalue weighted by atomic mass is 16.5. The standard InChI is InChI=1S/C17H20N4O2/c1-9-7-13(18)20-11-5-6-17(3,15(22)14(9)11)12-8-10(2)19-16(21-12)23-4/h7-8H,5-6H2,1-4H3,(H2,18,20). The lowest BCUT2D eigenvalue weighted by molar-refractivity contribution is 0.0869. The van der Waals surface area contributed by atoms with Crippen LogP contribution in [-0.4, -0.2) is 27.8 Å². The van der Waals surface area contributed by atoms with Crippen molar-refractivity contribution >= 4 is 11.6 Å². The van der Waals surface area contributed by atoms with Crippen LogP contribution in [0.25, 0.3) is 0 Å². The first-order chi connectivity index (χ1) is 10.8. The van der Waals surface area contributed by atoms with Gasteiger partial charge in [-0.05, 0) is 51.3 Å². The molecule has 0 radical (unpaired) electrons. The Bertz CT molecular complexity index is 803. The summed E-state index contributed by atoms with van der Waals surface area (Å²) in [6.45, 7) is 5.69. The lowest BCUT2D eigenvalue weighted by atomic mass is 9.70. The molecule has 0 aliphatic heterocycles. The van der Waals surface area contributed by atoms with Crippen LogP contribution in [0, 0.1) is 13.8 Å². The van der Waals surface area contributed by atoms with E-state index in [0.29, 0.717) is 29.9 Å². The van der Waals surface area contributed by atoms with Gasteiger partial charge in [0, 0.05) is 11.3 Å². The maximum Gasteiger partial charge on any atom is 0.316 e. The van der Waals surface area contributed by atoms with Gasteiger partial charge in [-0.3, -0.25) is 4.79 Å². The first kappa shape index (κ1) is 15.4. The number of fused-ring (bicyclic) bond motifs is 1. The van der Waals surface area contributed by atoms with Crippen LogP contribution in [-0.2, 0) is 11.8 Å². The Morgan fingerprint density at radius 3 is 2.65 bits per heavy atom. The van der Waals surface area contributed by atoms with Crippen LogP contribution in [0.3, 0.4) is 0 Å². The van der Waals surface area contributed by atoms with Gasteiger partial charge in [0.15, 0.2) is 5.78 Å². The van der Waals surface area contributed by atoms with Gasteiger partial charge in [0.2, 0.25) is 0 Å². The van der Waals surface area contributed by atoms with Gasteiger partial charge >= 0.3 is 6.01 Å². The molecule has 2 heterocycles. The number of carbonyl (C=O) groups excluding carboxylic acids is 1. The van der Waals surface area contributed by atoms with E-state index in [2.05, 4.69) is 15.0 Å². The highest BCUT2D eigenvalue weighted by molar-refractivity contribution is 6.06. The van der Waals surface area contributed by atoms with Gasteiger partial charge in [0.05, 0.1) is 23.9 Å². The van der Waals surface area contributed by atoms with E-state index in [4.69, 9.17) is 10.5 Å². The number of hydrogen-bond donors (Lipinski definition) is 1. The van der Waals surface area contributed by atoms with E-state index in [1.807, 2.05) is 26.8 Å². The molecule has 6 nitrogen and oxygen atoms in total. The number of carbonyl (C=O) groups is 1. The molecule has 2 aromatic heterocycles. The monoisotopic (exact) mass is 312 g/mol. The molecule has 0 spiro atoms. The van der Waals surface area contributed by atoms with Crippen molar-refractivity contribution in [2.24, 2.45) is 0 Å². The van der Waals surface area contributed by atoms with Crippen LogP contribution < -0.4 is 10.5 Å². The number of Topliss-reactive ketones (excluding diaryl/α,β-unsaturated/α-hetero) is 1. The zero-order valence-corrected chi connectivity index (χ0v) is 13.8. The first-order valence-corrected chi connectivity index (χ1v) is 7.56. The molecular weight excluding hydrogens is 292 g/mol. The largest absolute Gasteiger partial charge is 0.467 e. The van der Waals surface area contributed by atoms with Crippen molar-refractivity contribution in [1.82, 2.24) is 15.0 Å². The fourth-order valence-corrected chi connectivity index (χ4v) is 3.17. The topological polar surface area (TPSA) is 91.0 Å². The third-order valence-electron chi connectivity index (χ3n) is 4.48. The van der Waals surface area contributed by atoms with Crippen molar-refractivity contribution in [1.29, 1.82) is 0 Å². The number of nitrogen functional groups attached to an aromatic ring is 1. The van der Waals surface area contributed by atoms with Crippen molar-refractivity contribution < 1.29 is 9.53 Å². The molecule has 0 aromatic carbocycles. The summed E-state index contributed by atoms with van der Waals surface area (Å²) in [5, 5.41) is 0. The molecule has 120 valence electrons. The Hall–Kier alpha value is -2.50. The predicted molar refractivity (Wildman–Crippen MR) is 86.7 cm³/mol. The van der Waals surface area contributed by atoms with E-state index in [0.717, 1.165) is 17.0 Å². The second-order valence-corrected chi connectivity index (χ2v) is 6.23. The van der Waals surface area contributed by atoms with Crippen LogP contribution in [0.5, 0.6) is 6.01 Å². The van der Waals surface area contributed by atoms with Crippen molar-refractivity contribution in [2.75, 3.05) is 12.8 Å². The second-order valence-electron chi connectivity index (χ2n) is 6.23. The number of anilines is 1. The summed E-state index contributed by atoms with van der Waals surface area (Å²) in [6.07, 6.45) is 1.32. The van der Waals surface area contributed by atoms with E-state index in [-0.39, 0.29) is 11.8 Å². The third-order valence-corrected chi connectivity index (χ3v) is 4.48. The number of pyridine rings is 1. The van der Waals surface area contributed by atoms with Gasteiger partial charge in [-0.15, -0.1) is 0 Å². The summed E-state index contributed by atoms with van der Waals surface area (Å²) in [5.74, 6) is 0.487. The molecule has 0 amide bonds. The zero-order chi connectivity index (χ0) is 16.8. The van der Waals surface area contributed by atoms with Crippen LogP contribution in [0.1, 0.15) is 46.3 Å². The summed E-state index contributed by atoms with van der Waals surface area (Å²) in [4.78, 5) is 26.2. The SMILES string of the molecule is COc1nc(C)cc(C2(C)CCc3nc(N)cc(C)c3C2=O)n1. The Kier molecular flexibility index (Phi) is 3.55. The Labute approximate surface area is 135 Å². The van der Waals surface area contributed by atoms with Crippen molar-refractivity contribution in [3.63, 3.8) is 0 Å². The van der Waals surface area contributed by atoms with Gasteiger partial charge in [0.1, 0.15) is 5.82 Å². The van der Waals surface area contributed by atoms with Crippen molar-refractivity contribution in [3.05, 3.63) is 40.3 Å². The Morgan fingerprint density at radius 1 is 1.22 bits per heavy atom. The molecule has 1 aliphatic rings. The molecule has 0 saturated heterocycles. The second kappa shape index (κ2) is 5.30. The Balaban J connectivity index is 2.14. The minimum atomic E-state index is -0.712. The number of methoxy groups -OCH3 is 1. The number of ketones is 1. The van der Waals surface area contributed by atoms with Crippen molar-refractivity contribution in [3.8, 4) is 6.01 Å². The fourth-order valence-electron chi connectivity index (χ4n) is 3.17. The first-order valence-electron chi connectivity index (χ1n) is 7.56. The normalized spacial score (nSPS) is 20.3. The fraction of sp³-hybridized carbons (Fsp3) is 0.412. The summed E-state index contributed by atoms with van der Waals surface area (Å²) in [6, 6.07) is 3.88. The third kappa shape index (κ3) is 2.44. The van der Waals surface area contributed by atoms with Gasteiger partial charge in [0.25, 0.3) is 0 Å². The number of ether oxygens (including phenoxy) is 1.